The third kappa shape index (κ3) is 3.81. The standard InChI is InChI=1S/C16H24N6O2/c1-2-14-17-13(20-24-14)10-21-6-3-7-22(9-8-21)11-15-18-19-16(23-15)12-4-5-12/h12H,2-11H2,1H3. The van der Waals surface area contributed by atoms with E-state index in [0.29, 0.717) is 11.8 Å². The van der Waals surface area contributed by atoms with Crippen molar-refractivity contribution in [3.63, 3.8) is 0 Å². The molecular formula is C16H24N6O2. The maximum atomic E-state index is 5.78. The first-order valence-corrected chi connectivity index (χ1v) is 8.88. The van der Waals surface area contributed by atoms with Crippen molar-refractivity contribution in [3.8, 4) is 0 Å². The van der Waals surface area contributed by atoms with Gasteiger partial charge in [0.1, 0.15) is 0 Å². The number of aryl methyl sites for hydroxylation is 1. The molecule has 2 aromatic rings. The van der Waals surface area contributed by atoms with Crippen LogP contribution in [0, 0.1) is 0 Å². The Labute approximate surface area is 141 Å². The van der Waals surface area contributed by atoms with Crippen molar-refractivity contribution in [1.29, 1.82) is 0 Å². The van der Waals surface area contributed by atoms with E-state index in [-0.39, 0.29) is 0 Å². The number of nitrogens with zero attached hydrogens (tertiary/aromatic N) is 6. The van der Waals surface area contributed by atoms with Crippen LogP contribution in [0.5, 0.6) is 0 Å². The van der Waals surface area contributed by atoms with Crippen LogP contribution in [-0.4, -0.2) is 56.3 Å². The van der Waals surface area contributed by atoms with E-state index >= 15 is 0 Å². The van der Waals surface area contributed by atoms with Crippen LogP contribution in [0.1, 0.15) is 55.6 Å². The third-order valence-corrected chi connectivity index (χ3v) is 4.63. The van der Waals surface area contributed by atoms with Crippen molar-refractivity contribution in [3.05, 3.63) is 23.5 Å². The topological polar surface area (TPSA) is 84.3 Å². The minimum absolute atomic E-state index is 0.522. The van der Waals surface area contributed by atoms with Crippen molar-refractivity contribution in [2.75, 3.05) is 26.2 Å². The lowest BCUT2D eigenvalue weighted by Crippen LogP contribution is -2.30. The fraction of sp³-hybridized carbons (Fsp3) is 0.750. The maximum Gasteiger partial charge on any atom is 0.230 e. The summed E-state index contributed by atoms with van der Waals surface area (Å²) in [6.45, 7) is 7.58. The van der Waals surface area contributed by atoms with Gasteiger partial charge < -0.3 is 8.94 Å². The van der Waals surface area contributed by atoms with E-state index in [1.807, 2.05) is 6.92 Å². The molecule has 2 aromatic heterocycles. The summed E-state index contributed by atoms with van der Waals surface area (Å²) < 4.78 is 11.0. The first-order chi connectivity index (χ1) is 11.8. The van der Waals surface area contributed by atoms with Crippen molar-refractivity contribution in [2.24, 2.45) is 0 Å². The van der Waals surface area contributed by atoms with Gasteiger partial charge in [-0.15, -0.1) is 10.2 Å². The molecule has 0 spiro atoms. The molecule has 0 bridgehead atoms. The maximum absolute atomic E-state index is 5.78. The van der Waals surface area contributed by atoms with Crippen LogP contribution >= 0.6 is 0 Å². The normalized spacial score (nSPS) is 20.4. The first-order valence-electron chi connectivity index (χ1n) is 8.88. The van der Waals surface area contributed by atoms with Gasteiger partial charge in [0.05, 0.1) is 13.1 Å². The summed E-state index contributed by atoms with van der Waals surface area (Å²) in [7, 11) is 0. The Balaban J connectivity index is 1.28. The van der Waals surface area contributed by atoms with E-state index < -0.39 is 0 Å². The smallest absolute Gasteiger partial charge is 0.230 e. The van der Waals surface area contributed by atoms with Crippen LogP contribution in [-0.2, 0) is 19.5 Å². The molecule has 1 aliphatic carbocycles. The highest BCUT2D eigenvalue weighted by molar-refractivity contribution is 5.00. The minimum Gasteiger partial charge on any atom is -0.424 e. The molecule has 3 heterocycles. The van der Waals surface area contributed by atoms with E-state index in [2.05, 4.69) is 30.1 Å². The van der Waals surface area contributed by atoms with Gasteiger partial charge in [-0.2, -0.15) is 4.98 Å². The van der Waals surface area contributed by atoms with Crippen LogP contribution in [0.3, 0.4) is 0 Å². The van der Waals surface area contributed by atoms with Gasteiger partial charge in [-0.1, -0.05) is 12.1 Å². The first kappa shape index (κ1) is 15.7. The molecule has 0 N–H and O–H groups in total. The van der Waals surface area contributed by atoms with Crippen LogP contribution in [0.4, 0.5) is 0 Å². The van der Waals surface area contributed by atoms with Gasteiger partial charge in [0.25, 0.3) is 0 Å². The van der Waals surface area contributed by atoms with Gasteiger partial charge in [0, 0.05) is 25.4 Å². The van der Waals surface area contributed by atoms with E-state index in [0.717, 1.165) is 69.7 Å². The fourth-order valence-corrected chi connectivity index (χ4v) is 3.06. The van der Waals surface area contributed by atoms with E-state index in [1.165, 1.54) is 12.8 Å². The lowest BCUT2D eigenvalue weighted by Gasteiger charge is -2.19. The molecule has 0 atom stereocenters. The fourth-order valence-electron chi connectivity index (χ4n) is 3.06. The molecule has 8 nitrogen and oxygen atoms in total. The Morgan fingerprint density at radius 2 is 1.79 bits per heavy atom. The molecule has 8 heteroatoms. The van der Waals surface area contributed by atoms with Gasteiger partial charge in [0.2, 0.25) is 17.7 Å². The lowest BCUT2D eigenvalue weighted by atomic mass is 10.3. The summed E-state index contributed by atoms with van der Waals surface area (Å²) in [5.41, 5.74) is 0. The largest absolute Gasteiger partial charge is 0.424 e. The highest BCUT2D eigenvalue weighted by Gasteiger charge is 2.29. The molecule has 130 valence electrons. The average molecular weight is 332 g/mol. The molecule has 2 fully saturated rings. The van der Waals surface area contributed by atoms with Crippen LogP contribution in [0.2, 0.25) is 0 Å². The molecule has 1 saturated heterocycles. The molecule has 4 rings (SSSR count). The summed E-state index contributed by atoms with van der Waals surface area (Å²) in [6, 6.07) is 0. The molecule has 0 unspecified atom stereocenters. The van der Waals surface area contributed by atoms with Crippen LogP contribution in [0.15, 0.2) is 8.94 Å². The van der Waals surface area contributed by atoms with Crippen LogP contribution in [0.25, 0.3) is 0 Å². The number of hydrogen-bond donors (Lipinski definition) is 0. The highest BCUT2D eigenvalue weighted by atomic mass is 16.5. The van der Waals surface area contributed by atoms with Crippen molar-refractivity contribution < 1.29 is 8.94 Å². The minimum atomic E-state index is 0.522. The monoisotopic (exact) mass is 332 g/mol. The number of rotatable bonds is 6. The predicted octanol–water partition coefficient (Wildman–Crippen LogP) is 1.60. The van der Waals surface area contributed by atoms with Gasteiger partial charge in [0.15, 0.2) is 5.82 Å². The zero-order chi connectivity index (χ0) is 16.4. The van der Waals surface area contributed by atoms with Gasteiger partial charge in [-0.3, -0.25) is 9.80 Å². The predicted molar refractivity (Wildman–Crippen MR) is 85.1 cm³/mol. The van der Waals surface area contributed by atoms with Crippen LogP contribution < -0.4 is 0 Å². The second-order valence-electron chi connectivity index (χ2n) is 6.67. The number of aromatic nitrogens is 4. The van der Waals surface area contributed by atoms with E-state index in [9.17, 15) is 0 Å². The zero-order valence-electron chi connectivity index (χ0n) is 14.1. The lowest BCUT2D eigenvalue weighted by molar-refractivity contribution is 0.226. The SMILES string of the molecule is CCc1nc(CN2CCCN(Cc3nnc(C4CC4)o3)CC2)no1. The second-order valence-corrected chi connectivity index (χ2v) is 6.67. The Morgan fingerprint density at radius 3 is 2.50 bits per heavy atom. The zero-order valence-corrected chi connectivity index (χ0v) is 14.1. The molecule has 24 heavy (non-hydrogen) atoms. The van der Waals surface area contributed by atoms with Gasteiger partial charge in [-0.05, 0) is 32.4 Å². The summed E-state index contributed by atoms with van der Waals surface area (Å²) in [5, 5.41) is 12.4. The van der Waals surface area contributed by atoms with Crippen molar-refractivity contribution in [2.45, 2.75) is 51.6 Å². The molecule has 0 amide bonds. The molecular weight excluding hydrogens is 308 g/mol. The Kier molecular flexibility index (Phi) is 4.57. The van der Waals surface area contributed by atoms with E-state index in [4.69, 9.17) is 8.94 Å². The average Bonchev–Trinajstić information content (AvgIpc) is 3.23. The van der Waals surface area contributed by atoms with Gasteiger partial charge >= 0.3 is 0 Å². The summed E-state index contributed by atoms with van der Waals surface area (Å²) in [4.78, 5) is 9.17. The molecule has 1 saturated carbocycles. The quantitative estimate of drug-likeness (QED) is 0.788. The van der Waals surface area contributed by atoms with Gasteiger partial charge in [-0.25, -0.2) is 0 Å². The molecule has 1 aliphatic heterocycles. The second kappa shape index (κ2) is 6.98. The Bertz CT molecular complexity index is 665. The Morgan fingerprint density at radius 1 is 1.00 bits per heavy atom. The number of hydrogen-bond acceptors (Lipinski definition) is 8. The third-order valence-electron chi connectivity index (χ3n) is 4.63. The highest BCUT2D eigenvalue weighted by Crippen LogP contribution is 2.39. The molecule has 0 radical (unpaired) electrons. The summed E-state index contributed by atoms with van der Waals surface area (Å²) in [6.07, 6.45) is 4.28. The molecule has 0 aromatic carbocycles. The summed E-state index contributed by atoms with van der Waals surface area (Å²) in [5.74, 6) is 3.59. The molecule has 2 aliphatic rings. The summed E-state index contributed by atoms with van der Waals surface area (Å²) >= 11 is 0. The Hall–Kier alpha value is -1.80. The van der Waals surface area contributed by atoms with Crippen molar-refractivity contribution >= 4 is 0 Å². The van der Waals surface area contributed by atoms with Crippen molar-refractivity contribution in [1.82, 2.24) is 30.1 Å². The van der Waals surface area contributed by atoms with E-state index in [1.54, 1.807) is 0 Å².